The molecule has 2 aliphatic rings. The molecule has 9 nitrogen and oxygen atoms in total. The summed E-state index contributed by atoms with van der Waals surface area (Å²) in [5, 5.41) is 0. The fraction of sp³-hybridized carbons (Fsp3) is 0.600. The molecule has 2 aromatic carbocycles. The van der Waals surface area contributed by atoms with Gasteiger partial charge in [0.05, 0.1) is 13.2 Å². The Balaban J connectivity index is 1.22. The maximum atomic E-state index is 6.61. The summed E-state index contributed by atoms with van der Waals surface area (Å²) in [6.07, 6.45) is 1.80. The third-order valence-corrected chi connectivity index (χ3v) is 39.7. The van der Waals surface area contributed by atoms with Gasteiger partial charge in [-0.05, 0) is 118 Å². The Labute approximate surface area is 295 Å². The lowest BCUT2D eigenvalue weighted by atomic mass is 9.78. The SMILES string of the molecule is C[SiH]1C[SiH](C)O[Si](C)(CCCOc2ccc(C(C)(C)c3ccc(OCCC[Si]4(C)O[SiH](C)O[SiH](C)O[SiH](C)O4)cc3)cc2)O[SiH](C)O1. The molecule has 17 heteroatoms. The van der Waals surface area contributed by atoms with E-state index in [2.05, 4.69) is 115 Å². The van der Waals surface area contributed by atoms with Crippen LogP contribution >= 0.6 is 0 Å². The summed E-state index contributed by atoms with van der Waals surface area (Å²) < 4.78 is 56.5. The van der Waals surface area contributed by atoms with Crippen molar-refractivity contribution >= 4 is 72.3 Å². The maximum absolute atomic E-state index is 6.61. The first-order valence-corrected chi connectivity index (χ1v) is 35.6. The molecule has 2 aromatic rings. The topological polar surface area (TPSA) is 83.1 Å². The molecule has 0 bridgehead atoms. The Morgan fingerprint density at radius 2 is 0.979 bits per heavy atom. The van der Waals surface area contributed by atoms with Crippen molar-refractivity contribution in [2.45, 2.75) is 102 Å². The highest BCUT2D eigenvalue weighted by molar-refractivity contribution is 6.85. The highest BCUT2D eigenvalue weighted by atomic mass is 28.5. The number of hydrogen-bond acceptors (Lipinski definition) is 9. The lowest BCUT2D eigenvalue weighted by Gasteiger charge is -2.37. The van der Waals surface area contributed by atoms with Gasteiger partial charge in [0, 0.05) is 5.41 Å². The van der Waals surface area contributed by atoms with Gasteiger partial charge in [-0.1, -0.05) is 38.1 Å². The summed E-state index contributed by atoms with van der Waals surface area (Å²) in [7, 11) is -13.5. The van der Waals surface area contributed by atoms with Crippen LogP contribution in [0.1, 0.15) is 37.8 Å². The fourth-order valence-electron chi connectivity index (χ4n) is 6.59. The van der Waals surface area contributed by atoms with E-state index in [-0.39, 0.29) is 5.41 Å². The van der Waals surface area contributed by atoms with Gasteiger partial charge in [0.15, 0.2) is 18.1 Å². The fourth-order valence-corrected chi connectivity index (χ4v) is 39.7. The van der Waals surface area contributed by atoms with Crippen LogP contribution in [0, 0.1) is 0 Å². The van der Waals surface area contributed by atoms with Gasteiger partial charge in [-0.3, -0.25) is 0 Å². The van der Waals surface area contributed by atoms with E-state index in [4.69, 9.17) is 38.3 Å². The van der Waals surface area contributed by atoms with Gasteiger partial charge in [0.1, 0.15) is 11.5 Å². The Morgan fingerprint density at radius 1 is 0.574 bits per heavy atom. The Kier molecular flexibility index (Phi) is 14.7. The quantitative estimate of drug-likeness (QED) is 0.205. The lowest BCUT2D eigenvalue weighted by molar-refractivity contribution is 0.266. The van der Waals surface area contributed by atoms with Crippen LogP contribution in [0.4, 0.5) is 0 Å². The van der Waals surface area contributed by atoms with E-state index in [1.165, 1.54) is 16.8 Å². The van der Waals surface area contributed by atoms with Crippen molar-refractivity contribution in [2.75, 3.05) is 13.2 Å². The predicted molar refractivity (Wildman–Crippen MR) is 209 cm³/mol. The van der Waals surface area contributed by atoms with Crippen LogP contribution in [-0.4, -0.2) is 85.6 Å². The van der Waals surface area contributed by atoms with Crippen LogP contribution in [0.2, 0.25) is 70.1 Å². The molecule has 0 N–H and O–H groups in total. The van der Waals surface area contributed by atoms with E-state index < -0.39 is 72.3 Å². The molecule has 0 aromatic heterocycles. The summed E-state index contributed by atoms with van der Waals surface area (Å²) >= 11 is 0. The largest absolute Gasteiger partial charge is 0.494 e. The summed E-state index contributed by atoms with van der Waals surface area (Å²) in [5.74, 6) is 1.77. The summed E-state index contributed by atoms with van der Waals surface area (Å²) in [5.41, 5.74) is 3.51. The first-order chi connectivity index (χ1) is 22.1. The van der Waals surface area contributed by atoms with Gasteiger partial charge >= 0.3 is 17.1 Å². The lowest BCUT2D eigenvalue weighted by Crippen LogP contribution is -2.53. The van der Waals surface area contributed by atoms with Crippen molar-refractivity contribution in [3.8, 4) is 11.5 Å². The van der Waals surface area contributed by atoms with Crippen LogP contribution in [0.15, 0.2) is 48.5 Å². The van der Waals surface area contributed by atoms with Crippen LogP contribution in [0.3, 0.4) is 0 Å². The zero-order valence-electron chi connectivity index (χ0n) is 30.2. The van der Waals surface area contributed by atoms with E-state index in [1.54, 1.807) is 0 Å². The average molecular weight is 787 g/mol. The number of benzene rings is 2. The van der Waals surface area contributed by atoms with E-state index in [1.807, 2.05) is 0 Å². The van der Waals surface area contributed by atoms with Gasteiger partial charge in [-0.25, -0.2) is 0 Å². The smallest absolute Gasteiger partial charge is 0.317 e. The molecule has 0 aliphatic carbocycles. The molecule has 0 radical (unpaired) electrons. The van der Waals surface area contributed by atoms with Crippen LogP contribution < -0.4 is 9.47 Å². The summed E-state index contributed by atoms with van der Waals surface area (Å²) in [6.45, 7) is 23.1. The molecule has 2 aliphatic heterocycles. The Morgan fingerprint density at radius 3 is 1.43 bits per heavy atom. The van der Waals surface area contributed by atoms with E-state index >= 15 is 0 Å². The Bertz CT molecular complexity index is 1120. The number of rotatable bonds is 12. The van der Waals surface area contributed by atoms with E-state index in [0.717, 1.165) is 36.4 Å². The molecule has 264 valence electrons. The van der Waals surface area contributed by atoms with Gasteiger partial charge in [0.2, 0.25) is 0 Å². The molecule has 2 saturated heterocycles. The maximum Gasteiger partial charge on any atom is 0.317 e. The molecule has 6 unspecified atom stereocenters. The van der Waals surface area contributed by atoms with Crippen LogP contribution in [0.5, 0.6) is 11.5 Å². The molecule has 0 spiro atoms. The average Bonchev–Trinajstić information content (AvgIpc) is 2.96. The minimum Gasteiger partial charge on any atom is -0.494 e. The highest BCUT2D eigenvalue weighted by Crippen LogP contribution is 2.34. The molecule has 4 rings (SSSR count). The Hall–Kier alpha value is -0.505. The minimum absolute atomic E-state index is 0.160. The molecular weight excluding hydrogens is 729 g/mol. The zero-order valence-corrected chi connectivity index (χ0v) is 39.1. The van der Waals surface area contributed by atoms with Gasteiger partial charge in [-0.15, -0.1) is 0 Å². The monoisotopic (exact) mass is 786 g/mol. The normalized spacial score (nSPS) is 32.5. The molecule has 0 amide bonds. The van der Waals surface area contributed by atoms with Crippen molar-refractivity contribution in [1.82, 2.24) is 0 Å². The molecule has 47 heavy (non-hydrogen) atoms. The van der Waals surface area contributed by atoms with Crippen molar-refractivity contribution < 1.29 is 38.3 Å². The van der Waals surface area contributed by atoms with Gasteiger partial charge in [-0.2, -0.15) is 0 Å². The van der Waals surface area contributed by atoms with Crippen molar-refractivity contribution in [3.05, 3.63) is 59.7 Å². The van der Waals surface area contributed by atoms with Gasteiger partial charge in [0.25, 0.3) is 37.1 Å². The summed E-state index contributed by atoms with van der Waals surface area (Å²) in [4.78, 5) is 0. The summed E-state index contributed by atoms with van der Waals surface area (Å²) in [6, 6.07) is 18.8. The zero-order chi connectivity index (χ0) is 34.2. The molecule has 0 saturated carbocycles. The first-order valence-electron chi connectivity index (χ1n) is 17.3. The second kappa shape index (κ2) is 17.6. The van der Waals surface area contributed by atoms with E-state index in [9.17, 15) is 0 Å². The third kappa shape index (κ3) is 12.3. The molecule has 6 atom stereocenters. The minimum atomic E-state index is -2.32. The van der Waals surface area contributed by atoms with Crippen molar-refractivity contribution in [2.24, 2.45) is 0 Å². The molecule has 2 fully saturated rings. The third-order valence-electron chi connectivity index (χ3n) is 8.79. The highest BCUT2D eigenvalue weighted by Gasteiger charge is 2.40. The second-order valence-corrected chi connectivity index (χ2v) is 36.1. The number of hydrogen-bond donors (Lipinski definition) is 0. The van der Waals surface area contributed by atoms with Crippen molar-refractivity contribution in [1.29, 1.82) is 0 Å². The standard InChI is InChI=1S/C30H58O9Si8/c1-30(2,26-13-17-28(18-14-26)31-21-11-23-46(9)36-41(4)25-40(3)33-43(6)37-46)27-15-19-29(20-16-27)32-22-12-24-47(10)38-44(7)34-42(5)35-45(8)39-47/h13-20,40-45H,11-12,21-25H2,1-10H3. The van der Waals surface area contributed by atoms with Crippen LogP contribution in [0.25, 0.3) is 0 Å². The van der Waals surface area contributed by atoms with Crippen molar-refractivity contribution in [3.63, 3.8) is 0 Å². The predicted octanol–water partition coefficient (Wildman–Crippen LogP) is 5.49. The first kappa shape index (κ1) is 39.3. The molecular formula is C30H58O9Si8. The van der Waals surface area contributed by atoms with Crippen LogP contribution in [-0.2, 0) is 34.2 Å². The molecule has 2 heterocycles. The number of ether oxygens (including phenoxy) is 2. The second-order valence-electron chi connectivity index (χ2n) is 13.9. The van der Waals surface area contributed by atoms with E-state index in [0.29, 0.717) is 13.2 Å². The van der Waals surface area contributed by atoms with Gasteiger partial charge < -0.3 is 38.3 Å².